The van der Waals surface area contributed by atoms with Crippen LogP contribution in [-0.2, 0) is 10.0 Å². The van der Waals surface area contributed by atoms with Crippen molar-refractivity contribution in [2.45, 2.75) is 36.6 Å². The number of hydrogen-bond acceptors (Lipinski definition) is 5. The first-order chi connectivity index (χ1) is 12.4. The standard InChI is InChI=1S/C17H18ClN3O4S/c18-14-7-3-4-8-15(14)20-26(24,25)13-9-10-16(17(11-13)21(22)23)19-12-5-1-2-6-12/h3-4,7-12,19-20H,1-2,5-6H2. The van der Waals surface area contributed by atoms with Crippen LogP contribution in [0.1, 0.15) is 25.7 Å². The van der Waals surface area contributed by atoms with Crippen molar-refractivity contribution in [3.63, 3.8) is 0 Å². The number of sulfonamides is 1. The van der Waals surface area contributed by atoms with Crippen LogP contribution in [0.4, 0.5) is 17.1 Å². The number of nitro benzene ring substituents is 1. The third-order valence-electron chi connectivity index (χ3n) is 4.31. The van der Waals surface area contributed by atoms with Gasteiger partial charge in [-0.3, -0.25) is 14.8 Å². The van der Waals surface area contributed by atoms with Crippen LogP contribution in [-0.4, -0.2) is 19.4 Å². The van der Waals surface area contributed by atoms with E-state index in [1.165, 1.54) is 18.2 Å². The lowest BCUT2D eigenvalue weighted by Gasteiger charge is -2.15. The van der Waals surface area contributed by atoms with Crippen molar-refractivity contribution in [2.75, 3.05) is 10.0 Å². The van der Waals surface area contributed by atoms with E-state index in [1.807, 2.05) is 0 Å². The van der Waals surface area contributed by atoms with Gasteiger partial charge in [0.15, 0.2) is 0 Å². The van der Waals surface area contributed by atoms with Gasteiger partial charge in [-0.25, -0.2) is 8.42 Å². The second-order valence-corrected chi connectivity index (χ2v) is 8.24. The number of para-hydroxylation sites is 1. The van der Waals surface area contributed by atoms with Crippen molar-refractivity contribution < 1.29 is 13.3 Å². The summed E-state index contributed by atoms with van der Waals surface area (Å²) in [4.78, 5) is 10.6. The molecule has 0 spiro atoms. The van der Waals surface area contributed by atoms with E-state index in [0.717, 1.165) is 31.7 Å². The van der Waals surface area contributed by atoms with Gasteiger partial charge in [0.05, 0.1) is 20.5 Å². The Morgan fingerprint density at radius 1 is 1.08 bits per heavy atom. The molecule has 2 aromatic carbocycles. The first kappa shape index (κ1) is 18.5. The molecule has 0 aliphatic heterocycles. The van der Waals surface area contributed by atoms with E-state index < -0.39 is 14.9 Å². The Kier molecular flexibility index (Phi) is 5.33. The molecule has 2 aromatic rings. The van der Waals surface area contributed by atoms with Gasteiger partial charge in [0.1, 0.15) is 5.69 Å². The van der Waals surface area contributed by atoms with E-state index in [4.69, 9.17) is 11.6 Å². The molecule has 0 bridgehead atoms. The number of nitrogens with zero attached hydrogens (tertiary/aromatic N) is 1. The summed E-state index contributed by atoms with van der Waals surface area (Å²) in [5, 5.41) is 14.8. The van der Waals surface area contributed by atoms with Gasteiger partial charge in [0, 0.05) is 12.1 Å². The lowest BCUT2D eigenvalue weighted by Crippen LogP contribution is -2.17. The van der Waals surface area contributed by atoms with Crippen LogP contribution < -0.4 is 10.0 Å². The summed E-state index contributed by atoms with van der Waals surface area (Å²) >= 11 is 5.97. The molecule has 1 aliphatic carbocycles. The summed E-state index contributed by atoms with van der Waals surface area (Å²) in [6.07, 6.45) is 4.07. The predicted octanol–water partition coefficient (Wildman–Crippen LogP) is 4.40. The number of rotatable bonds is 6. The van der Waals surface area contributed by atoms with Crippen LogP contribution in [0.25, 0.3) is 0 Å². The third-order valence-corrected chi connectivity index (χ3v) is 6.00. The first-order valence-corrected chi connectivity index (χ1v) is 10.1. The Labute approximate surface area is 156 Å². The highest BCUT2D eigenvalue weighted by Crippen LogP contribution is 2.32. The molecule has 1 saturated carbocycles. The molecule has 0 amide bonds. The Hall–Kier alpha value is -2.32. The minimum atomic E-state index is -4.00. The quantitative estimate of drug-likeness (QED) is 0.557. The van der Waals surface area contributed by atoms with Crippen molar-refractivity contribution in [3.8, 4) is 0 Å². The van der Waals surface area contributed by atoms with Gasteiger partial charge in [-0.2, -0.15) is 0 Å². The monoisotopic (exact) mass is 395 g/mol. The summed E-state index contributed by atoms with van der Waals surface area (Å²) in [7, 11) is -4.00. The summed E-state index contributed by atoms with van der Waals surface area (Å²) < 4.78 is 27.5. The van der Waals surface area contributed by atoms with Gasteiger partial charge in [0.2, 0.25) is 0 Å². The number of nitro groups is 1. The minimum Gasteiger partial charge on any atom is -0.377 e. The lowest BCUT2D eigenvalue weighted by molar-refractivity contribution is -0.384. The van der Waals surface area contributed by atoms with E-state index in [9.17, 15) is 18.5 Å². The van der Waals surface area contributed by atoms with Crippen molar-refractivity contribution in [1.82, 2.24) is 0 Å². The molecule has 1 aliphatic rings. The summed E-state index contributed by atoms with van der Waals surface area (Å²) in [5.74, 6) is 0. The minimum absolute atomic E-state index is 0.178. The molecule has 26 heavy (non-hydrogen) atoms. The Bertz CT molecular complexity index is 927. The zero-order chi connectivity index (χ0) is 18.7. The topological polar surface area (TPSA) is 101 Å². The van der Waals surface area contributed by atoms with E-state index in [-0.39, 0.29) is 27.3 Å². The SMILES string of the molecule is O=[N+]([O-])c1cc(S(=O)(=O)Nc2ccccc2Cl)ccc1NC1CCCC1. The van der Waals surface area contributed by atoms with Crippen molar-refractivity contribution >= 4 is 38.7 Å². The van der Waals surface area contributed by atoms with Gasteiger partial charge in [-0.05, 0) is 37.1 Å². The van der Waals surface area contributed by atoms with Gasteiger partial charge in [-0.1, -0.05) is 36.6 Å². The van der Waals surface area contributed by atoms with Crippen molar-refractivity contribution in [1.29, 1.82) is 0 Å². The molecular weight excluding hydrogens is 378 g/mol. The van der Waals surface area contributed by atoms with Crippen LogP contribution >= 0.6 is 11.6 Å². The van der Waals surface area contributed by atoms with E-state index >= 15 is 0 Å². The molecule has 0 radical (unpaired) electrons. The normalized spacial score (nSPS) is 15.0. The zero-order valence-electron chi connectivity index (χ0n) is 13.8. The van der Waals surface area contributed by atoms with E-state index in [0.29, 0.717) is 5.69 Å². The van der Waals surface area contributed by atoms with E-state index in [2.05, 4.69) is 10.0 Å². The highest BCUT2D eigenvalue weighted by atomic mass is 35.5. The van der Waals surface area contributed by atoms with Gasteiger partial charge in [-0.15, -0.1) is 0 Å². The maximum atomic E-state index is 12.6. The second-order valence-electron chi connectivity index (χ2n) is 6.15. The fraction of sp³-hybridized carbons (Fsp3) is 0.294. The molecule has 0 aromatic heterocycles. The molecule has 3 rings (SSSR count). The predicted molar refractivity (Wildman–Crippen MR) is 101 cm³/mol. The second kappa shape index (κ2) is 7.51. The zero-order valence-corrected chi connectivity index (χ0v) is 15.4. The number of halogens is 1. The van der Waals surface area contributed by atoms with Crippen LogP contribution in [0.15, 0.2) is 47.4 Å². The van der Waals surface area contributed by atoms with Gasteiger partial charge < -0.3 is 5.32 Å². The summed E-state index contributed by atoms with van der Waals surface area (Å²) in [6, 6.07) is 10.4. The Balaban J connectivity index is 1.90. The fourth-order valence-corrected chi connectivity index (χ4v) is 4.33. The van der Waals surface area contributed by atoms with Crippen LogP contribution in [0.5, 0.6) is 0 Å². The van der Waals surface area contributed by atoms with Crippen LogP contribution in [0, 0.1) is 10.1 Å². The number of hydrogen-bond donors (Lipinski definition) is 2. The van der Waals surface area contributed by atoms with Gasteiger partial charge >= 0.3 is 0 Å². The first-order valence-electron chi connectivity index (χ1n) is 8.19. The smallest absolute Gasteiger partial charge is 0.293 e. The fourth-order valence-electron chi connectivity index (χ4n) is 2.99. The maximum Gasteiger partial charge on any atom is 0.293 e. The molecule has 0 saturated heterocycles. The molecule has 138 valence electrons. The molecular formula is C17H18ClN3O4S. The molecule has 2 N–H and O–H groups in total. The number of benzene rings is 2. The number of nitrogens with one attached hydrogen (secondary N) is 2. The Morgan fingerprint density at radius 3 is 2.42 bits per heavy atom. The highest BCUT2D eigenvalue weighted by Gasteiger charge is 2.24. The molecule has 0 heterocycles. The lowest BCUT2D eigenvalue weighted by atomic mass is 10.2. The maximum absolute atomic E-state index is 12.6. The van der Waals surface area contributed by atoms with Crippen LogP contribution in [0.2, 0.25) is 5.02 Å². The molecule has 0 atom stereocenters. The van der Waals surface area contributed by atoms with Crippen molar-refractivity contribution in [3.05, 3.63) is 57.6 Å². The molecule has 1 fully saturated rings. The largest absolute Gasteiger partial charge is 0.377 e. The molecule has 9 heteroatoms. The third kappa shape index (κ3) is 4.08. The van der Waals surface area contributed by atoms with E-state index in [1.54, 1.807) is 18.2 Å². The highest BCUT2D eigenvalue weighted by molar-refractivity contribution is 7.92. The number of anilines is 2. The molecule has 7 nitrogen and oxygen atoms in total. The summed E-state index contributed by atoms with van der Waals surface area (Å²) in [6.45, 7) is 0. The van der Waals surface area contributed by atoms with Gasteiger partial charge in [0.25, 0.3) is 15.7 Å². The van der Waals surface area contributed by atoms with Crippen molar-refractivity contribution in [2.24, 2.45) is 0 Å². The Morgan fingerprint density at radius 2 is 1.77 bits per heavy atom. The summed E-state index contributed by atoms with van der Waals surface area (Å²) in [5.41, 5.74) is 0.280. The average Bonchev–Trinajstić information content (AvgIpc) is 3.10. The molecule has 0 unspecified atom stereocenters. The van der Waals surface area contributed by atoms with Crippen LogP contribution in [0.3, 0.4) is 0 Å². The average molecular weight is 396 g/mol.